The number of carbonyl (C=O) groups is 2. The Morgan fingerprint density at radius 3 is 1.61 bits per heavy atom. The molecule has 1 aromatic carbocycles. The van der Waals surface area contributed by atoms with Crippen molar-refractivity contribution in [2.24, 2.45) is 0 Å². The van der Waals surface area contributed by atoms with Gasteiger partial charge in [0, 0.05) is 55.4 Å². The average Bonchev–Trinajstić information content (AvgIpc) is 2.87. The van der Waals surface area contributed by atoms with Crippen LogP contribution in [-0.2, 0) is 16.1 Å². The lowest BCUT2D eigenvalue weighted by molar-refractivity contribution is -0.193. The predicted octanol–water partition coefficient (Wildman–Crippen LogP) is 4.31. The van der Waals surface area contributed by atoms with Gasteiger partial charge in [0.1, 0.15) is 0 Å². The van der Waals surface area contributed by atoms with Crippen LogP contribution in [0.3, 0.4) is 0 Å². The van der Waals surface area contributed by atoms with E-state index in [2.05, 4.69) is 46.8 Å². The standard InChI is InChI=1S/C21H29N3O3.2C2HF3O2/c1-15-12-18(13-16(2)22-15)24-10-8-23(9-11-24)14-17-6-7-19(25-3)21(27-5)20(17)26-4;2*3-2(4,5)1(6)7/h6-7,12-13H,8-11,14H2,1-5H3;2*(H,6,7). The Morgan fingerprint density at radius 2 is 1.24 bits per heavy atom. The topological polar surface area (TPSA) is 122 Å². The Balaban J connectivity index is 0.000000497. The van der Waals surface area contributed by atoms with Gasteiger partial charge in [-0.05, 0) is 32.0 Å². The molecule has 0 atom stereocenters. The van der Waals surface area contributed by atoms with Crippen molar-refractivity contribution in [1.29, 1.82) is 0 Å². The molecule has 2 heterocycles. The molecule has 1 fully saturated rings. The summed E-state index contributed by atoms with van der Waals surface area (Å²) in [6, 6.07) is 8.33. The monoisotopic (exact) mass is 599 g/mol. The number of carboxylic acids is 2. The fraction of sp³-hybridized carbons (Fsp3) is 0.480. The van der Waals surface area contributed by atoms with Crippen molar-refractivity contribution >= 4 is 17.6 Å². The highest BCUT2D eigenvalue weighted by Gasteiger charge is 2.38. The molecule has 2 N–H and O–H groups in total. The summed E-state index contributed by atoms with van der Waals surface area (Å²) in [5, 5.41) is 14.2. The number of ether oxygens (including phenoxy) is 3. The number of pyridine rings is 1. The molecular formula is C25H31F6N3O7. The van der Waals surface area contributed by atoms with Crippen molar-refractivity contribution in [2.75, 3.05) is 52.4 Å². The van der Waals surface area contributed by atoms with Crippen LogP contribution >= 0.6 is 0 Å². The van der Waals surface area contributed by atoms with Gasteiger partial charge in [0.2, 0.25) is 5.75 Å². The molecule has 230 valence electrons. The number of carboxylic acid groups (broad SMARTS) is 2. The largest absolute Gasteiger partial charge is 0.493 e. The van der Waals surface area contributed by atoms with Crippen LogP contribution in [0.1, 0.15) is 17.0 Å². The van der Waals surface area contributed by atoms with E-state index in [-0.39, 0.29) is 0 Å². The lowest BCUT2D eigenvalue weighted by atomic mass is 10.1. The first-order chi connectivity index (χ1) is 18.9. The van der Waals surface area contributed by atoms with Gasteiger partial charge in [-0.2, -0.15) is 26.3 Å². The number of alkyl halides is 6. The normalized spacial score (nSPS) is 13.7. The van der Waals surface area contributed by atoms with E-state index in [4.69, 9.17) is 34.0 Å². The average molecular weight is 600 g/mol. The van der Waals surface area contributed by atoms with Crippen LogP contribution in [0, 0.1) is 13.8 Å². The fourth-order valence-electron chi connectivity index (χ4n) is 3.69. The first kappa shape index (κ1) is 35.1. The molecule has 1 saturated heterocycles. The van der Waals surface area contributed by atoms with Gasteiger partial charge in [-0.15, -0.1) is 0 Å². The quantitative estimate of drug-likeness (QED) is 0.465. The zero-order valence-electron chi connectivity index (χ0n) is 22.9. The van der Waals surface area contributed by atoms with Crippen LogP contribution in [0.15, 0.2) is 24.3 Å². The van der Waals surface area contributed by atoms with E-state index in [1.807, 2.05) is 6.07 Å². The predicted molar refractivity (Wildman–Crippen MR) is 135 cm³/mol. The van der Waals surface area contributed by atoms with Gasteiger partial charge in [-0.25, -0.2) is 9.59 Å². The maximum atomic E-state index is 10.6. The molecule has 2 aromatic rings. The number of aliphatic carboxylic acids is 2. The Labute approximate surface area is 232 Å². The highest BCUT2D eigenvalue weighted by molar-refractivity contribution is 5.73. The summed E-state index contributed by atoms with van der Waals surface area (Å²) in [4.78, 5) is 27.1. The van der Waals surface area contributed by atoms with Gasteiger partial charge in [0.25, 0.3) is 0 Å². The van der Waals surface area contributed by atoms with Crippen LogP contribution in [0.25, 0.3) is 0 Å². The van der Waals surface area contributed by atoms with E-state index in [0.29, 0.717) is 11.5 Å². The Hall–Kier alpha value is -3.95. The molecule has 10 nitrogen and oxygen atoms in total. The molecule has 0 unspecified atom stereocenters. The zero-order valence-corrected chi connectivity index (χ0v) is 22.9. The van der Waals surface area contributed by atoms with Gasteiger partial charge >= 0.3 is 24.3 Å². The second kappa shape index (κ2) is 15.2. The second-order valence-corrected chi connectivity index (χ2v) is 8.47. The second-order valence-electron chi connectivity index (χ2n) is 8.47. The third-order valence-electron chi connectivity index (χ3n) is 5.47. The first-order valence-corrected chi connectivity index (χ1v) is 11.7. The van der Waals surface area contributed by atoms with Crippen molar-refractivity contribution in [3.05, 3.63) is 41.2 Å². The Bertz CT molecular complexity index is 1120. The molecule has 3 rings (SSSR count). The number of halogens is 6. The van der Waals surface area contributed by atoms with Crippen LogP contribution in [0.5, 0.6) is 17.2 Å². The number of methoxy groups -OCH3 is 3. The SMILES string of the molecule is COc1ccc(CN2CCN(c3cc(C)nc(C)c3)CC2)c(OC)c1OC.O=C(O)C(F)(F)F.O=C(O)C(F)(F)F. The number of piperazine rings is 1. The van der Waals surface area contributed by atoms with Crippen LogP contribution in [-0.4, -0.2) is 91.9 Å². The number of aromatic nitrogens is 1. The molecular weight excluding hydrogens is 568 g/mol. The van der Waals surface area contributed by atoms with Gasteiger partial charge in [-0.1, -0.05) is 6.07 Å². The minimum atomic E-state index is -5.08. The van der Waals surface area contributed by atoms with E-state index in [1.54, 1.807) is 21.3 Å². The van der Waals surface area contributed by atoms with E-state index in [9.17, 15) is 26.3 Å². The summed E-state index contributed by atoms with van der Waals surface area (Å²) in [6.45, 7) is 8.92. The molecule has 41 heavy (non-hydrogen) atoms. The molecule has 1 aromatic heterocycles. The highest BCUT2D eigenvalue weighted by atomic mass is 19.4. The van der Waals surface area contributed by atoms with Crippen molar-refractivity contribution in [3.8, 4) is 17.2 Å². The number of nitrogens with zero attached hydrogens (tertiary/aromatic N) is 3. The third-order valence-corrected chi connectivity index (χ3v) is 5.47. The molecule has 0 saturated carbocycles. The number of hydrogen-bond acceptors (Lipinski definition) is 8. The van der Waals surface area contributed by atoms with E-state index in [1.165, 1.54) is 5.69 Å². The lowest BCUT2D eigenvalue weighted by Crippen LogP contribution is -2.46. The van der Waals surface area contributed by atoms with Crippen LogP contribution in [0.4, 0.5) is 32.0 Å². The molecule has 16 heteroatoms. The van der Waals surface area contributed by atoms with Crippen LogP contribution in [0.2, 0.25) is 0 Å². The number of hydrogen-bond donors (Lipinski definition) is 2. The summed E-state index contributed by atoms with van der Waals surface area (Å²) in [5.74, 6) is -3.43. The maximum absolute atomic E-state index is 10.6. The summed E-state index contributed by atoms with van der Waals surface area (Å²) in [7, 11) is 4.95. The van der Waals surface area contributed by atoms with Gasteiger partial charge in [0.05, 0.1) is 21.3 Å². The highest BCUT2D eigenvalue weighted by Crippen LogP contribution is 2.40. The van der Waals surface area contributed by atoms with Gasteiger partial charge in [0.15, 0.2) is 11.5 Å². The molecule has 1 aliphatic heterocycles. The number of benzene rings is 1. The van der Waals surface area contributed by atoms with Crippen molar-refractivity contribution in [3.63, 3.8) is 0 Å². The minimum absolute atomic E-state index is 0.652. The molecule has 0 radical (unpaired) electrons. The molecule has 0 spiro atoms. The van der Waals surface area contributed by atoms with Crippen molar-refractivity contribution in [2.45, 2.75) is 32.7 Å². The molecule has 1 aliphatic rings. The van der Waals surface area contributed by atoms with E-state index >= 15 is 0 Å². The van der Waals surface area contributed by atoms with Crippen molar-refractivity contribution in [1.82, 2.24) is 9.88 Å². The number of aryl methyl sites for hydroxylation is 2. The summed E-state index contributed by atoms with van der Waals surface area (Å²) in [5.41, 5.74) is 4.52. The van der Waals surface area contributed by atoms with E-state index in [0.717, 1.165) is 55.4 Å². The minimum Gasteiger partial charge on any atom is -0.493 e. The summed E-state index contributed by atoms with van der Waals surface area (Å²) >= 11 is 0. The van der Waals surface area contributed by atoms with Gasteiger partial charge in [-0.3, -0.25) is 9.88 Å². The number of rotatable bonds is 6. The summed E-state index contributed by atoms with van der Waals surface area (Å²) < 4.78 is 80.0. The number of anilines is 1. The molecule has 0 aliphatic carbocycles. The van der Waals surface area contributed by atoms with Crippen molar-refractivity contribution < 1.29 is 60.4 Å². The smallest absolute Gasteiger partial charge is 0.490 e. The van der Waals surface area contributed by atoms with Crippen LogP contribution < -0.4 is 19.1 Å². The molecule has 0 bridgehead atoms. The fourth-order valence-corrected chi connectivity index (χ4v) is 3.69. The summed E-state index contributed by atoms with van der Waals surface area (Å²) in [6.07, 6.45) is -10.2. The first-order valence-electron chi connectivity index (χ1n) is 11.7. The molecule has 0 amide bonds. The third kappa shape index (κ3) is 11.2. The lowest BCUT2D eigenvalue weighted by Gasteiger charge is -2.36. The Morgan fingerprint density at radius 1 is 0.805 bits per heavy atom. The maximum Gasteiger partial charge on any atom is 0.490 e. The van der Waals surface area contributed by atoms with Gasteiger partial charge < -0.3 is 29.3 Å². The van der Waals surface area contributed by atoms with E-state index < -0.39 is 24.3 Å². The Kier molecular flexibility index (Phi) is 13.0. The zero-order chi connectivity index (χ0) is 31.5.